The van der Waals surface area contributed by atoms with E-state index in [1.54, 1.807) is 11.5 Å². The Morgan fingerprint density at radius 2 is 2.15 bits per heavy atom. The fourth-order valence-corrected chi connectivity index (χ4v) is 2.82. The van der Waals surface area contributed by atoms with Gasteiger partial charge in [-0.05, 0) is 13.3 Å². The second-order valence-corrected chi connectivity index (χ2v) is 5.37. The van der Waals surface area contributed by atoms with Gasteiger partial charge in [0.1, 0.15) is 11.9 Å². The van der Waals surface area contributed by atoms with Crippen molar-refractivity contribution in [1.82, 2.24) is 19.7 Å². The highest BCUT2D eigenvalue weighted by Gasteiger charge is 2.35. The quantitative estimate of drug-likeness (QED) is 0.620. The zero-order valence-corrected chi connectivity index (χ0v) is 11.9. The Kier molecular flexibility index (Phi) is 4.07. The minimum atomic E-state index is -0.968. The Labute approximate surface area is 119 Å². The standard InChI is InChI=1S/C11H14N4O4S/c1-6-12-13-11(20-5-9(17)18)15(6)7-3-4-8(16)14(2)10(7)19/h7H,3-5H2,1-2H3,(H,17,18). The summed E-state index contributed by atoms with van der Waals surface area (Å²) in [5.41, 5.74) is 0. The lowest BCUT2D eigenvalue weighted by Crippen LogP contribution is -2.43. The smallest absolute Gasteiger partial charge is 0.313 e. The minimum Gasteiger partial charge on any atom is -0.481 e. The Bertz CT molecular complexity index is 571. The first kappa shape index (κ1) is 14.5. The molecule has 1 saturated heterocycles. The molecule has 1 N–H and O–H groups in total. The molecule has 0 aliphatic carbocycles. The van der Waals surface area contributed by atoms with Crippen LogP contribution in [0.5, 0.6) is 0 Å². The summed E-state index contributed by atoms with van der Waals surface area (Å²) < 4.78 is 1.61. The van der Waals surface area contributed by atoms with Gasteiger partial charge in [-0.2, -0.15) is 0 Å². The molecule has 1 aliphatic heterocycles. The molecule has 2 heterocycles. The van der Waals surface area contributed by atoms with Crippen LogP contribution in [0.3, 0.4) is 0 Å². The Morgan fingerprint density at radius 1 is 1.45 bits per heavy atom. The fourth-order valence-electron chi connectivity index (χ4n) is 2.07. The minimum absolute atomic E-state index is 0.159. The molecule has 0 aromatic carbocycles. The first-order valence-electron chi connectivity index (χ1n) is 5.98. The first-order chi connectivity index (χ1) is 9.41. The van der Waals surface area contributed by atoms with Gasteiger partial charge in [-0.1, -0.05) is 11.8 Å². The molecule has 9 heteroatoms. The van der Waals surface area contributed by atoms with Gasteiger partial charge in [0.15, 0.2) is 5.16 Å². The summed E-state index contributed by atoms with van der Waals surface area (Å²) >= 11 is 1.01. The lowest BCUT2D eigenvalue weighted by molar-refractivity contribution is -0.149. The number of nitrogens with zero attached hydrogens (tertiary/aromatic N) is 4. The van der Waals surface area contributed by atoms with Crippen LogP contribution < -0.4 is 0 Å². The number of likely N-dealkylation sites (tertiary alicyclic amines) is 1. The molecule has 0 bridgehead atoms. The average molecular weight is 298 g/mol. The van der Waals surface area contributed by atoms with Crippen molar-refractivity contribution in [2.45, 2.75) is 31.0 Å². The van der Waals surface area contributed by atoms with E-state index in [-0.39, 0.29) is 24.0 Å². The summed E-state index contributed by atoms with van der Waals surface area (Å²) in [7, 11) is 1.45. The summed E-state index contributed by atoms with van der Waals surface area (Å²) in [4.78, 5) is 35.4. The van der Waals surface area contributed by atoms with E-state index in [2.05, 4.69) is 10.2 Å². The van der Waals surface area contributed by atoms with Gasteiger partial charge < -0.3 is 5.11 Å². The number of imide groups is 1. The first-order valence-corrected chi connectivity index (χ1v) is 6.97. The summed E-state index contributed by atoms with van der Waals surface area (Å²) in [5, 5.41) is 16.9. The Balaban J connectivity index is 2.27. The number of carbonyl (C=O) groups is 3. The molecule has 2 rings (SSSR count). The van der Waals surface area contributed by atoms with Gasteiger partial charge in [-0.15, -0.1) is 10.2 Å². The number of aryl methyl sites for hydroxylation is 1. The monoisotopic (exact) mass is 298 g/mol. The lowest BCUT2D eigenvalue weighted by Gasteiger charge is -2.29. The van der Waals surface area contributed by atoms with Crippen molar-refractivity contribution in [2.24, 2.45) is 0 Å². The number of rotatable bonds is 4. The second-order valence-electron chi connectivity index (χ2n) is 4.43. The van der Waals surface area contributed by atoms with E-state index in [4.69, 9.17) is 5.11 Å². The van der Waals surface area contributed by atoms with E-state index >= 15 is 0 Å². The second kappa shape index (κ2) is 5.61. The highest BCUT2D eigenvalue weighted by Crippen LogP contribution is 2.28. The molecule has 20 heavy (non-hydrogen) atoms. The van der Waals surface area contributed by atoms with Crippen LogP contribution in [0.15, 0.2) is 5.16 Å². The third-order valence-corrected chi connectivity index (χ3v) is 4.02. The number of hydrogen-bond donors (Lipinski definition) is 1. The molecule has 0 spiro atoms. The molecular formula is C11H14N4O4S. The van der Waals surface area contributed by atoms with Crippen LogP contribution >= 0.6 is 11.8 Å². The number of aliphatic carboxylic acids is 1. The van der Waals surface area contributed by atoms with Gasteiger partial charge in [0, 0.05) is 13.5 Å². The van der Waals surface area contributed by atoms with Crippen molar-refractivity contribution in [3.05, 3.63) is 5.82 Å². The number of thioether (sulfide) groups is 1. The summed E-state index contributed by atoms with van der Waals surface area (Å²) in [6.07, 6.45) is 0.648. The molecule has 1 aromatic heterocycles. The number of carboxylic acid groups (broad SMARTS) is 1. The number of carboxylic acids is 1. The van der Waals surface area contributed by atoms with E-state index in [0.717, 1.165) is 16.7 Å². The van der Waals surface area contributed by atoms with E-state index in [9.17, 15) is 14.4 Å². The highest BCUT2D eigenvalue weighted by atomic mass is 32.2. The molecule has 108 valence electrons. The molecule has 8 nitrogen and oxygen atoms in total. The number of carbonyl (C=O) groups excluding carboxylic acids is 2. The zero-order valence-electron chi connectivity index (χ0n) is 11.1. The highest BCUT2D eigenvalue weighted by molar-refractivity contribution is 7.99. The van der Waals surface area contributed by atoms with Crippen LogP contribution in [0.25, 0.3) is 0 Å². The normalized spacial score (nSPS) is 19.5. The predicted octanol–water partition coefficient (Wildman–Crippen LogP) is 0.0831. The predicted molar refractivity (Wildman–Crippen MR) is 69.2 cm³/mol. The third kappa shape index (κ3) is 2.67. The van der Waals surface area contributed by atoms with Crippen molar-refractivity contribution < 1.29 is 19.5 Å². The molecule has 1 aliphatic rings. The van der Waals surface area contributed by atoms with Crippen molar-refractivity contribution in [3.63, 3.8) is 0 Å². The number of aromatic nitrogens is 3. The molecule has 1 unspecified atom stereocenters. The third-order valence-electron chi connectivity index (χ3n) is 3.09. The maximum Gasteiger partial charge on any atom is 0.313 e. The topological polar surface area (TPSA) is 105 Å². The van der Waals surface area contributed by atoms with E-state index < -0.39 is 12.0 Å². The molecule has 1 aromatic rings. The van der Waals surface area contributed by atoms with Crippen LogP contribution in [0.1, 0.15) is 24.7 Å². The van der Waals surface area contributed by atoms with Gasteiger partial charge in [0.25, 0.3) is 5.91 Å². The SMILES string of the molecule is Cc1nnc(SCC(=O)O)n1C1CCC(=O)N(C)C1=O. The molecule has 1 atom stereocenters. The van der Waals surface area contributed by atoms with E-state index in [1.165, 1.54) is 7.05 Å². The van der Waals surface area contributed by atoms with Crippen molar-refractivity contribution in [3.8, 4) is 0 Å². The largest absolute Gasteiger partial charge is 0.481 e. The number of piperidine rings is 1. The van der Waals surface area contributed by atoms with Crippen LogP contribution in [0.4, 0.5) is 0 Å². The lowest BCUT2D eigenvalue weighted by atomic mass is 10.0. The van der Waals surface area contributed by atoms with E-state index in [0.29, 0.717) is 17.4 Å². The van der Waals surface area contributed by atoms with Gasteiger partial charge in [0.05, 0.1) is 5.75 Å². The summed E-state index contributed by atoms with van der Waals surface area (Å²) in [5.74, 6) is -1.13. The molecule has 0 saturated carbocycles. The zero-order chi connectivity index (χ0) is 14.9. The Morgan fingerprint density at radius 3 is 2.80 bits per heavy atom. The summed E-state index contributed by atoms with van der Waals surface area (Å²) in [6, 6.07) is -0.552. The van der Waals surface area contributed by atoms with Crippen molar-refractivity contribution >= 4 is 29.5 Å². The van der Waals surface area contributed by atoms with Gasteiger partial charge in [-0.3, -0.25) is 23.9 Å². The van der Waals surface area contributed by atoms with E-state index in [1.807, 2.05) is 0 Å². The maximum atomic E-state index is 12.2. The summed E-state index contributed by atoms with van der Waals surface area (Å²) in [6.45, 7) is 1.70. The van der Waals surface area contributed by atoms with Crippen LogP contribution in [0, 0.1) is 6.92 Å². The van der Waals surface area contributed by atoms with Crippen LogP contribution in [-0.4, -0.2) is 55.4 Å². The number of hydrogen-bond acceptors (Lipinski definition) is 6. The number of amides is 2. The molecular weight excluding hydrogens is 284 g/mol. The molecule has 2 amide bonds. The average Bonchev–Trinajstić information content (AvgIpc) is 2.75. The fraction of sp³-hybridized carbons (Fsp3) is 0.545. The van der Waals surface area contributed by atoms with Gasteiger partial charge >= 0.3 is 5.97 Å². The van der Waals surface area contributed by atoms with Crippen molar-refractivity contribution in [1.29, 1.82) is 0 Å². The number of likely N-dealkylation sites (N-methyl/N-ethyl adjacent to an activating group) is 1. The van der Waals surface area contributed by atoms with Gasteiger partial charge in [0.2, 0.25) is 5.91 Å². The maximum absolute atomic E-state index is 12.2. The van der Waals surface area contributed by atoms with Crippen LogP contribution in [-0.2, 0) is 14.4 Å². The molecule has 0 radical (unpaired) electrons. The van der Waals surface area contributed by atoms with Crippen molar-refractivity contribution in [2.75, 3.05) is 12.8 Å². The molecule has 1 fully saturated rings. The van der Waals surface area contributed by atoms with Gasteiger partial charge in [-0.25, -0.2) is 0 Å². The van der Waals surface area contributed by atoms with Crippen LogP contribution in [0.2, 0.25) is 0 Å². The Hall–Kier alpha value is -1.90.